The summed E-state index contributed by atoms with van der Waals surface area (Å²) >= 11 is 4.93. The summed E-state index contributed by atoms with van der Waals surface area (Å²) in [7, 11) is 0. The molecule has 0 radical (unpaired) electrons. The molecule has 2 heterocycles. The topological polar surface area (TPSA) is 73.2 Å². The van der Waals surface area contributed by atoms with Crippen LogP contribution in [0, 0.1) is 6.92 Å². The van der Waals surface area contributed by atoms with Crippen LogP contribution in [0.1, 0.15) is 59.6 Å². The Hall–Kier alpha value is -1.67. The first kappa shape index (κ1) is 20.1. The van der Waals surface area contributed by atoms with Gasteiger partial charge in [0.05, 0.1) is 21.8 Å². The molecular formula is C19H24BrN3O3S. The van der Waals surface area contributed by atoms with Crippen molar-refractivity contribution >= 4 is 44.1 Å². The van der Waals surface area contributed by atoms with Crippen molar-refractivity contribution in [3.05, 3.63) is 32.4 Å². The van der Waals surface area contributed by atoms with Crippen LogP contribution < -0.4 is 5.32 Å². The molecule has 2 aromatic heterocycles. The number of nitrogens with one attached hydrogen (secondary N) is 1. The van der Waals surface area contributed by atoms with E-state index in [-0.39, 0.29) is 24.4 Å². The molecular weight excluding hydrogens is 430 g/mol. The number of nitrogens with zero attached hydrogens (tertiary/aromatic N) is 2. The van der Waals surface area contributed by atoms with Gasteiger partial charge in [0.1, 0.15) is 5.00 Å². The molecule has 1 amide bonds. The molecule has 0 unspecified atom stereocenters. The summed E-state index contributed by atoms with van der Waals surface area (Å²) in [5, 5.41) is 7.90. The van der Waals surface area contributed by atoms with E-state index in [0.717, 1.165) is 41.4 Å². The van der Waals surface area contributed by atoms with E-state index in [1.807, 2.05) is 27.0 Å². The van der Waals surface area contributed by atoms with Crippen LogP contribution in [-0.2, 0) is 28.9 Å². The van der Waals surface area contributed by atoms with Crippen LogP contribution in [0.15, 0.2) is 10.7 Å². The molecule has 8 heteroatoms. The van der Waals surface area contributed by atoms with Gasteiger partial charge < -0.3 is 10.1 Å². The highest BCUT2D eigenvalue weighted by molar-refractivity contribution is 9.10. The van der Waals surface area contributed by atoms with Crippen LogP contribution in [0.4, 0.5) is 5.00 Å². The van der Waals surface area contributed by atoms with Crippen LogP contribution in [-0.4, -0.2) is 27.8 Å². The quantitative estimate of drug-likeness (QED) is 0.653. The van der Waals surface area contributed by atoms with E-state index in [1.54, 1.807) is 4.68 Å². The van der Waals surface area contributed by atoms with Gasteiger partial charge in [0, 0.05) is 24.0 Å². The zero-order chi connectivity index (χ0) is 19.6. The number of thiophene rings is 1. The number of hydrogen-bond donors (Lipinski definition) is 1. The predicted molar refractivity (Wildman–Crippen MR) is 109 cm³/mol. The summed E-state index contributed by atoms with van der Waals surface area (Å²) in [6.07, 6.45) is 5.96. The van der Waals surface area contributed by atoms with Crippen molar-refractivity contribution < 1.29 is 14.3 Å². The number of aromatic nitrogens is 2. The fourth-order valence-corrected chi connectivity index (χ4v) is 4.77. The smallest absolute Gasteiger partial charge is 0.341 e. The second-order valence-electron chi connectivity index (χ2n) is 6.99. The number of carbonyl (C=O) groups excluding carboxylic acids is 2. The summed E-state index contributed by atoms with van der Waals surface area (Å²) in [4.78, 5) is 26.3. The Morgan fingerprint density at radius 1 is 1.37 bits per heavy atom. The third-order valence-electron chi connectivity index (χ3n) is 4.43. The number of rotatable bonds is 6. The summed E-state index contributed by atoms with van der Waals surface area (Å²) in [5.74, 6) is -0.470. The van der Waals surface area contributed by atoms with E-state index in [9.17, 15) is 9.59 Å². The molecule has 0 aliphatic heterocycles. The lowest BCUT2D eigenvalue weighted by Gasteiger charge is -2.14. The van der Waals surface area contributed by atoms with E-state index < -0.39 is 0 Å². The van der Waals surface area contributed by atoms with Gasteiger partial charge in [-0.3, -0.25) is 9.48 Å². The van der Waals surface area contributed by atoms with Gasteiger partial charge in [-0.1, -0.05) is 0 Å². The van der Waals surface area contributed by atoms with Crippen LogP contribution in [0.25, 0.3) is 0 Å². The minimum absolute atomic E-state index is 0.128. The summed E-state index contributed by atoms with van der Waals surface area (Å²) < 4.78 is 8.09. The molecule has 1 N–H and O–H groups in total. The molecule has 2 aromatic rings. The van der Waals surface area contributed by atoms with Gasteiger partial charge in [-0.2, -0.15) is 5.10 Å². The van der Waals surface area contributed by atoms with E-state index in [2.05, 4.69) is 26.3 Å². The van der Waals surface area contributed by atoms with Crippen molar-refractivity contribution in [1.82, 2.24) is 9.78 Å². The Balaban J connectivity index is 1.73. The zero-order valence-corrected chi connectivity index (χ0v) is 18.2. The van der Waals surface area contributed by atoms with Crippen molar-refractivity contribution in [2.45, 2.75) is 65.5 Å². The number of hydrogen-bond acceptors (Lipinski definition) is 5. The number of esters is 1. The summed E-state index contributed by atoms with van der Waals surface area (Å²) in [5.41, 5.74) is 2.49. The third kappa shape index (κ3) is 4.79. The van der Waals surface area contributed by atoms with E-state index >= 15 is 0 Å². The molecule has 0 bridgehead atoms. The van der Waals surface area contributed by atoms with Crippen molar-refractivity contribution in [3.8, 4) is 0 Å². The van der Waals surface area contributed by atoms with Gasteiger partial charge in [-0.15, -0.1) is 11.3 Å². The third-order valence-corrected chi connectivity index (χ3v) is 6.41. The van der Waals surface area contributed by atoms with Gasteiger partial charge in [-0.25, -0.2) is 4.79 Å². The lowest BCUT2D eigenvalue weighted by molar-refractivity contribution is -0.116. The van der Waals surface area contributed by atoms with Gasteiger partial charge >= 0.3 is 5.97 Å². The first-order valence-electron chi connectivity index (χ1n) is 9.20. The number of carbonyl (C=O) groups is 2. The Morgan fingerprint density at radius 3 is 2.78 bits per heavy atom. The number of ether oxygens (including phenoxy) is 1. The maximum absolute atomic E-state index is 12.6. The fraction of sp³-hybridized carbons (Fsp3) is 0.526. The monoisotopic (exact) mass is 453 g/mol. The Labute approximate surface area is 171 Å². The minimum Gasteiger partial charge on any atom is -0.459 e. The molecule has 0 saturated carbocycles. The highest BCUT2D eigenvalue weighted by Crippen LogP contribution is 2.38. The van der Waals surface area contributed by atoms with Crippen molar-refractivity contribution in [2.75, 3.05) is 5.32 Å². The Kier molecular flexibility index (Phi) is 6.37. The summed E-state index contributed by atoms with van der Waals surface area (Å²) in [6, 6.07) is 0. The predicted octanol–water partition coefficient (Wildman–Crippen LogP) is 4.49. The Morgan fingerprint density at radius 2 is 2.11 bits per heavy atom. The second-order valence-corrected chi connectivity index (χ2v) is 8.95. The number of fused-ring (bicyclic) bond motifs is 1. The van der Waals surface area contributed by atoms with E-state index in [1.165, 1.54) is 16.2 Å². The molecule has 3 rings (SSSR count). The van der Waals surface area contributed by atoms with Crippen LogP contribution in [0.5, 0.6) is 0 Å². The van der Waals surface area contributed by atoms with Gasteiger partial charge in [0.25, 0.3) is 0 Å². The lowest BCUT2D eigenvalue weighted by Crippen LogP contribution is -2.18. The zero-order valence-electron chi connectivity index (χ0n) is 15.8. The average Bonchev–Trinajstić information content (AvgIpc) is 3.11. The number of aryl methyl sites for hydroxylation is 3. The largest absolute Gasteiger partial charge is 0.459 e. The molecule has 0 saturated heterocycles. The SMILES string of the molecule is Cc1nn(CCC(=O)Nc2sc3c(c2C(=O)OC(C)C)CCCC3)cc1Br. The van der Waals surface area contributed by atoms with Gasteiger partial charge in [0.15, 0.2) is 0 Å². The van der Waals surface area contributed by atoms with Crippen molar-refractivity contribution in [1.29, 1.82) is 0 Å². The van der Waals surface area contributed by atoms with Crippen molar-refractivity contribution in [3.63, 3.8) is 0 Å². The molecule has 27 heavy (non-hydrogen) atoms. The van der Waals surface area contributed by atoms with Gasteiger partial charge in [0.2, 0.25) is 5.91 Å². The number of halogens is 1. The van der Waals surface area contributed by atoms with Crippen molar-refractivity contribution in [2.24, 2.45) is 0 Å². The maximum Gasteiger partial charge on any atom is 0.341 e. The van der Waals surface area contributed by atoms with Crippen LogP contribution >= 0.6 is 27.3 Å². The van der Waals surface area contributed by atoms with Crippen LogP contribution in [0.3, 0.4) is 0 Å². The molecule has 0 spiro atoms. The number of amides is 1. The fourth-order valence-electron chi connectivity index (χ4n) is 3.16. The number of anilines is 1. The highest BCUT2D eigenvalue weighted by atomic mass is 79.9. The van der Waals surface area contributed by atoms with Gasteiger partial charge in [-0.05, 0) is 67.9 Å². The minimum atomic E-state index is -0.341. The second kappa shape index (κ2) is 8.56. The molecule has 146 valence electrons. The van der Waals surface area contributed by atoms with Crippen LogP contribution in [0.2, 0.25) is 0 Å². The first-order valence-corrected chi connectivity index (χ1v) is 10.8. The Bertz CT molecular complexity index is 837. The average molecular weight is 454 g/mol. The first-order chi connectivity index (χ1) is 12.8. The normalized spacial score (nSPS) is 13.5. The van der Waals surface area contributed by atoms with E-state index in [4.69, 9.17) is 4.74 Å². The lowest BCUT2D eigenvalue weighted by atomic mass is 9.95. The molecule has 1 aliphatic rings. The van der Waals surface area contributed by atoms with E-state index in [0.29, 0.717) is 17.1 Å². The molecule has 6 nitrogen and oxygen atoms in total. The summed E-state index contributed by atoms with van der Waals surface area (Å²) in [6.45, 7) is 6.05. The molecule has 0 fully saturated rings. The highest BCUT2D eigenvalue weighted by Gasteiger charge is 2.27. The molecule has 0 atom stereocenters. The molecule has 1 aliphatic carbocycles. The maximum atomic E-state index is 12.6. The standard InChI is InChI=1S/C19H24BrN3O3S/c1-11(2)26-19(25)17-13-6-4-5-7-15(13)27-18(17)21-16(24)8-9-23-10-14(20)12(3)22-23/h10-11H,4-9H2,1-3H3,(H,21,24). The molecule has 0 aromatic carbocycles.